The summed E-state index contributed by atoms with van der Waals surface area (Å²) in [6, 6.07) is 7.77. The zero-order valence-electron chi connectivity index (χ0n) is 12.1. The van der Waals surface area contributed by atoms with Crippen LogP contribution in [0.1, 0.15) is 18.4 Å². The lowest BCUT2D eigenvalue weighted by atomic mass is 10.0. The lowest BCUT2D eigenvalue weighted by molar-refractivity contribution is -0.117. The van der Waals surface area contributed by atoms with Crippen molar-refractivity contribution >= 4 is 43.4 Å². The number of aromatic nitrogens is 1. The van der Waals surface area contributed by atoms with Gasteiger partial charge in [0, 0.05) is 6.08 Å². The number of carbonyl (C=O) groups is 1. The van der Waals surface area contributed by atoms with Crippen LogP contribution in [0, 0.1) is 0 Å². The minimum Gasteiger partial charge on any atom is -0.346 e. The zero-order valence-corrected chi connectivity index (χ0v) is 13.7. The van der Waals surface area contributed by atoms with Gasteiger partial charge in [0.25, 0.3) is 0 Å². The van der Waals surface area contributed by atoms with Crippen molar-refractivity contribution in [2.75, 3.05) is 11.5 Å². The first-order valence-electron chi connectivity index (χ1n) is 6.92. The standard InChI is InChI=1S/C15H16N2O3S2/c1-15(8-9-22(19,20)10-15)17-13(18)6-7-14-16-11-4-2-3-5-12(11)21-14/h2-7H,8-10H2,1H3,(H,17,18)/b7-6+. The number of nitrogens with zero attached hydrogens (tertiary/aromatic N) is 1. The molecule has 1 aromatic heterocycles. The highest BCUT2D eigenvalue weighted by molar-refractivity contribution is 7.91. The Morgan fingerprint density at radius 2 is 2.18 bits per heavy atom. The number of carbonyl (C=O) groups excluding carboxylic acids is 1. The number of para-hydroxylation sites is 1. The molecule has 2 heterocycles. The lowest BCUT2D eigenvalue weighted by Gasteiger charge is -2.22. The fourth-order valence-corrected chi connectivity index (χ4v) is 5.52. The van der Waals surface area contributed by atoms with Gasteiger partial charge in [0.15, 0.2) is 9.84 Å². The molecule has 0 bridgehead atoms. The van der Waals surface area contributed by atoms with Crippen molar-refractivity contribution in [3.8, 4) is 0 Å². The van der Waals surface area contributed by atoms with E-state index in [4.69, 9.17) is 0 Å². The van der Waals surface area contributed by atoms with Crippen LogP contribution in [-0.4, -0.2) is 36.4 Å². The number of sulfone groups is 1. The van der Waals surface area contributed by atoms with E-state index in [1.165, 1.54) is 17.4 Å². The van der Waals surface area contributed by atoms with Crippen LogP contribution in [0.4, 0.5) is 0 Å². The van der Waals surface area contributed by atoms with E-state index in [2.05, 4.69) is 10.3 Å². The Morgan fingerprint density at radius 3 is 2.86 bits per heavy atom. The van der Waals surface area contributed by atoms with Crippen molar-refractivity contribution in [1.29, 1.82) is 0 Å². The number of hydrogen-bond donors (Lipinski definition) is 1. The lowest BCUT2D eigenvalue weighted by Crippen LogP contribution is -2.46. The van der Waals surface area contributed by atoms with Gasteiger partial charge in [-0.05, 0) is 31.6 Å². The molecule has 0 saturated carbocycles. The van der Waals surface area contributed by atoms with Crippen LogP contribution in [0.2, 0.25) is 0 Å². The third-order valence-corrected chi connectivity index (χ3v) is 6.52. The Bertz CT molecular complexity index is 822. The maximum atomic E-state index is 12.0. The number of thiazole rings is 1. The van der Waals surface area contributed by atoms with E-state index >= 15 is 0 Å². The van der Waals surface area contributed by atoms with Crippen LogP contribution in [0.3, 0.4) is 0 Å². The van der Waals surface area contributed by atoms with Gasteiger partial charge < -0.3 is 5.32 Å². The summed E-state index contributed by atoms with van der Waals surface area (Å²) in [6.45, 7) is 1.76. The molecule has 1 unspecified atom stereocenters. The number of amides is 1. The molecule has 2 aromatic rings. The first-order valence-corrected chi connectivity index (χ1v) is 9.55. The highest BCUT2D eigenvalue weighted by Crippen LogP contribution is 2.24. The molecule has 1 saturated heterocycles. The summed E-state index contributed by atoms with van der Waals surface area (Å²) in [7, 11) is -3.03. The van der Waals surface area contributed by atoms with E-state index in [1.54, 1.807) is 13.0 Å². The van der Waals surface area contributed by atoms with Crippen LogP contribution >= 0.6 is 11.3 Å². The van der Waals surface area contributed by atoms with Gasteiger partial charge in [0.1, 0.15) is 5.01 Å². The fraction of sp³-hybridized carbons (Fsp3) is 0.333. The van der Waals surface area contributed by atoms with E-state index in [0.29, 0.717) is 6.42 Å². The Morgan fingerprint density at radius 1 is 1.41 bits per heavy atom. The minimum absolute atomic E-state index is 0.000712. The monoisotopic (exact) mass is 336 g/mol. The molecule has 3 rings (SSSR count). The molecule has 1 amide bonds. The number of nitrogens with one attached hydrogen (secondary N) is 1. The number of hydrogen-bond acceptors (Lipinski definition) is 5. The van der Waals surface area contributed by atoms with Crippen LogP contribution in [0.15, 0.2) is 30.3 Å². The number of fused-ring (bicyclic) bond motifs is 1. The number of rotatable bonds is 3. The smallest absolute Gasteiger partial charge is 0.244 e. The van der Waals surface area contributed by atoms with Gasteiger partial charge in [-0.3, -0.25) is 4.79 Å². The largest absolute Gasteiger partial charge is 0.346 e. The summed E-state index contributed by atoms with van der Waals surface area (Å²) < 4.78 is 24.1. The Labute approximate surface area is 133 Å². The molecular formula is C15H16N2O3S2. The molecule has 1 fully saturated rings. The Hall–Kier alpha value is -1.73. The highest BCUT2D eigenvalue weighted by Gasteiger charge is 2.39. The van der Waals surface area contributed by atoms with Crippen molar-refractivity contribution in [2.24, 2.45) is 0 Å². The van der Waals surface area contributed by atoms with E-state index in [1.807, 2.05) is 24.3 Å². The molecular weight excluding hydrogens is 320 g/mol. The fourth-order valence-electron chi connectivity index (χ4n) is 2.56. The quantitative estimate of drug-likeness (QED) is 0.870. The average Bonchev–Trinajstić information content (AvgIpc) is 2.96. The van der Waals surface area contributed by atoms with Crippen LogP contribution in [0.25, 0.3) is 16.3 Å². The molecule has 0 radical (unpaired) electrons. The molecule has 1 aliphatic heterocycles. The van der Waals surface area contributed by atoms with Crippen molar-refractivity contribution in [3.05, 3.63) is 35.3 Å². The van der Waals surface area contributed by atoms with Gasteiger partial charge in [-0.2, -0.15) is 0 Å². The van der Waals surface area contributed by atoms with E-state index in [0.717, 1.165) is 15.2 Å². The molecule has 22 heavy (non-hydrogen) atoms. The van der Waals surface area contributed by atoms with Gasteiger partial charge in [-0.1, -0.05) is 12.1 Å². The maximum absolute atomic E-state index is 12.0. The molecule has 5 nitrogen and oxygen atoms in total. The van der Waals surface area contributed by atoms with Gasteiger partial charge in [0.05, 0.1) is 27.3 Å². The van der Waals surface area contributed by atoms with Crippen molar-refractivity contribution in [3.63, 3.8) is 0 Å². The molecule has 7 heteroatoms. The summed E-state index contributed by atoms with van der Waals surface area (Å²) in [5.41, 5.74) is 0.231. The van der Waals surface area contributed by atoms with E-state index in [9.17, 15) is 13.2 Å². The molecule has 1 N–H and O–H groups in total. The third-order valence-electron chi connectivity index (χ3n) is 3.62. The van der Waals surface area contributed by atoms with E-state index in [-0.39, 0.29) is 17.4 Å². The second kappa shape index (κ2) is 5.48. The van der Waals surface area contributed by atoms with Crippen LogP contribution < -0.4 is 5.32 Å². The molecule has 1 aromatic carbocycles. The van der Waals surface area contributed by atoms with Crippen LogP contribution in [0.5, 0.6) is 0 Å². The predicted octanol–water partition coefficient (Wildman–Crippen LogP) is 2.00. The second-order valence-corrected chi connectivity index (χ2v) is 8.99. The van der Waals surface area contributed by atoms with Crippen LogP contribution in [-0.2, 0) is 14.6 Å². The summed E-state index contributed by atoms with van der Waals surface area (Å²) in [6.07, 6.45) is 3.52. The summed E-state index contributed by atoms with van der Waals surface area (Å²) in [4.78, 5) is 16.4. The second-order valence-electron chi connectivity index (χ2n) is 5.75. The minimum atomic E-state index is -3.03. The molecule has 0 spiro atoms. The Balaban J connectivity index is 1.69. The predicted molar refractivity (Wildman–Crippen MR) is 88.5 cm³/mol. The normalized spacial score (nSPS) is 24.0. The molecule has 1 atom stereocenters. The first-order chi connectivity index (χ1) is 10.4. The van der Waals surface area contributed by atoms with Gasteiger partial charge in [0.2, 0.25) is 5.91 Å². The van der Waals surface area contributed by atoms with Crippen molar-refractivity contribution in [2.45, 2.75) is 18.9 Å². The molecule has 1 aliphatic rings. The topological polar surface area (TPSA) is 76.1 Å². The number of benzene rings is 1. The van der Waals surface area contributed by atoms with Gasteiger partial charge in [-0.25, -0.2) is 13.4 Å². The van der Waals surface area contributed by atoms with Crippen molar-refractivity contribution < 1.29 is 13.2 Å². The summed E-state index contributed by atoms with van der Waals surface area (Å²) >= 11 is 1.51. The molecule has 116 valence electrons. The van der Waals surface area contributed by atoms with Gasteiger partial charge >= 0.3 is 0 Å². The van der Waals surface area contributed by atoms with E-state index < -0.39 is 15.4 Å². The maximum Gasteiger partial charge on any atom is 0.244 e. The average molecular weight is 336 g/mol. The summed E-state index contributed by atoms with van der Waals surface area (Å²) in [5.74, 6) is -0.162. The SMILES string of the molecule is CC1(NC(=O)/C=C/c2nc3ccccc3s2)CCS(=O)(=O)C1. The zero-order chi connectivity index (χ0) is 15.8. The molecule has 0 aliphatic carbocycles. The Kier molecular flexibility index (Phi) is 3.78. The van der Waals surface area contributed by atoms with Crippen molar-refractivity contribution in [1.82, 2.24) is 10.3 Å². The summed E-state index contributed by atoms with van der Waals surface area (Å²) in [5, 5.41) is 3.54. The first kappa shape index (κ1) is 15.2. The third kappa shape index (κ3) is 3.36. The van der Waals surface area contributed by atoms with Gasteiger partial charge in [-0.15, -0.1) is 11.3 Å². The highest BCUT2D eigenvalue weighted by atomic mass is 32.2.